The second-order valence-corrected chi connectivity index (χ2v) is 1.75. The molecule has 0 radical (unpaired) electrons. The van der Waals surface area contributed by atoms with Gasteiger partial charge < -0.3 is 5.84 Å². The summed E-state index contributed by atoms with van der Waals surface area (Å²) >= 11 is 0. The van der Waals surface area contributed by atoms with E-state index in [1.54, 1.807) is 18.5 Å². The van der Waals surface area contributed by atoms with Gasteiger partial charge in [-0.3, -0.25) is 0 Å². The van der Waals surface area contributed by atoms with Crippen LogP contribution in [0.1, 0.15) is 0 Å². The molecule has 2 N–H and O–H groups in total. The van der Waals surface area contributed by atoms with Gasteiger partial charge in [-0.2, -0.15) is 0 Å². The first-order valence-electron chi connectivity index (χ1n) is 3.21. The lowest BCUT2D eigenvalue weighted by molar-refractivity contribution is 0.708. The monoisotopic (exact) mass is 164 g/mol. The van der Waals surface area contributed by atoms with E-state index in [0.29, 0.717) is 0 Å². The molecule has 0 aliphatic rings. The van der Waals surface area contributed by atoms with Crippen LogP contribution in [0.4, 0.5) is 0 Å². The molecule has 6 nitrogen and oxygen atoms in total. The largest absolute Gasteiger partial charge is 0.306 e. The molecular weight excluding hydrogens is 156 g/mol. The molecule has 6 heteroatoms. The molecule has 0 spiro atoms. The first kappa shape index (κ1) is 8.12. The van der Waals surface area contributed by atoms with Crippen LogP contribution in [0, 0.1) is 0 Å². The van der Waals surface area contributed by atoms with Gasteiger partial charge in [0.15, 0.2) is 0 Å². The number of aromatic nitrogens is 5. The highest BCUT2D eigenvalue weighted by molar-refractivity contribution is 4.74. The summed E-state index contributed by atoms with van der Waals surface area (Å²) in [6, 6.07) is 1.78. The molecule has 0 aliphatic heterocycles. The number of hydrogen-bond donors (Lipinski definition) is 1. The third kappa shape index (κ3) is 3.25. The molecule has 0 saturated carbocycles. The van der Waals surface area contributed by atoms with Crippen molar-refractivity contribution in [2.45, 2.75) is 0 Å². The quantitative estimate of drug-likeness (QED) is 0.529. The summed E-state index contributed by atoms with van der Waals surface area (Å²) in [5.74, 6) is 4.97. The maximum atomic E-state index is 4.97. The van der Waals surface area contributed by atoms with Gasteiger partial charge in [-0.25, -0.2) is 9.97 Å². The van der Waals surface area contributed by atoms with Gasteiger partial charge in [0.05, 0.1) is 12.4 Å². The minimum Gasteiger partial charge on any atom is -0.306 e. The van der Waals surface area contributed by atoms with Crippen molar-refractivity contribution in [1.82, 2.24) is 25.1 Å². The summed E-state index contributed by atoms with van der Waals surface area (Å²) < 4.78 is 0. The second-order valence-electron chi connectivity index (χ2n) is 1.75. The highest BCUT2D eigenvalue weighted by Gasteiger charge is 1.71. The van der Waals surface area contributed by atoms with Crippen molar-refractivity contribution in [2.24, 2.45) is 0 Å². The van der Waals surface area contributed by atoms with Crippen molar-refractivity contribution in [2.75, 3.05) is 5.84 Å². The van der Waals surface area contributed by atoms with E-state index in [1.807, 2.05) is 0 Å². The summed E-state index contributed by atoms with van der Waals surface area (Å²) in [7, 11) is 0. The molecule has 0 unspecified atom stereocenters. The minimum absolute atomic E-state index is 1.00. The molecule has 2 heterocycles. The fourth-order valence-electron chi connectivity index (χ4n) is 0.479. The third-order valence-electron chi connectivity index (χ3n) is 0.914. The molecule has 2 aromatic rings. The van der Waals surface area contributed by atoms with E-state index in [-0.39, 0.29) is 0 Å². The summed E-state index contributed by atoms with van der Waals surface area (Å²) in [4.78, 5) is 8.35. The number of hydrogen-bond acceptors (Lipinski definition) is 5. The van der Waals surface area contributed by atoms with Gasteiger partial charge in [0.25, 0.3) is 0 Å². The van der Waals surface area contributed by atoms with Crippen LogP contribution in [-0.2, 0) is 0 Å². The number of nitrogen functional groups attached to an aromatic ring is 1. The molecule has 0 aromatic carbocycles. The first-order valence-corrected chi connectivity index (χ1v) is 3.21. The summed E-state index contributed by atoms with van der Waals surface area (Å²) in [6.07, 6.45) is 7.90. The van der Waals surface area contributed by atoms with E-state index < -0.39 is 0 Å². The van der Waals surface area contributed by atoms with Crippen molar-refractivity contribution in [1.29, 1.82) is 0 Å². The molecular formula is C6H8N6. The second kappa shape index (κ2) is 4.78. The predicted octanol–water partition coefficient (Wildman–Crippen LogP) is -0.532. The van der Waals surface area contributed by atoms with E-state index >= 15 is 0 Å². The summed E-state index contributed by atoms with van der Waals surface area (Å²) in [6.45, 7) is 0. The van der Waals surface area contributed by atoms with Crippen LogP contribution < -0.4 is 5.84 Å². The van der Waals surface area contributed by atoms with Crippen LogP contribution in [0.2, 0.25) is 0 Å². The van der Waals surface area contributed by atoms with Crippen LogP contribution in [0.25, 0.3) is 0 Å². The fourth-order valence-corrected chi connectivity index (χ4v) is 0.479. The van der Waals surface area contributed by atoms with Gasteiger partial charge in [0.2, 0.25) is 0 Å². The topological polar surface area (TPSA) is 82.5 Å². The zero-order chi connectivity index (χ0) is 8.65. The van der Waals surface area contributed by atoms with Crippen LogP contribution in [0.5, 0.6) is 0 Å². The van der Waals surface area contributed by atoms with Gasteiger partial charge in [-0.05, 0) is 6.07 Å². The molecule has 0 saturated heterocycles. The Labute approximate surface area is 69.0 Å². The van der Waals surface area contributed by atoms with Gasteiger partial charge in [-0.15, -0.1) is 10.2 Å². The molecule has 62 valence electrons. The summed E-state index contributed by atoms with van der Waals surface area (Å²) in [5, 5.41) is 7.00. The van der Waals surface area contributed by atoms with Crippen LogP contribution in [0.3, 0.4) is 0 Å². The Morgan fingerprint density at radius 1 is 0.917 bits per heavy atom. The van der Waals surface area contributed by atoms with E-state index in [0.717, 1.165) is 4.91 Å². The maximum Gasteiger partial charge on any atom is 0.115 e. The summed E-state index contributed by atoms with van der Waals surface area (Å²) in [5.41, 5.74) is 0. The molecule has 2 rings (SSSR count). The van der Waals surface area contributed by atoms with Crippen molar-refractivity contribution in [3.63, 3.8) is 0 Å². The van der Waals surface area contributed by atoms with E-state index in [2.05, 4.69) is 20.2 Å². The number of rotatable bonds is 0. The van der Waals surface area contributed by atoms with Crippen molar-refractivity contribution >= 4 is 0 Å². The smallest absolute Gasteiger partial charge is 0.115 e. The molecule has 0 atom stereocenters. The fraction of sp³-hybridized carbons (Fsp3) is 0. The highest BCUT2D eigenvalue weighted by atomic mass is 15.6. The van der Waals surface area contributed by atoms with Gasteiger partial charge in [-0.1, -0.05) is 4.91 Å². The third-order valence-corrected chi connectivity index (χ3v) is 0.914. The Kier molecular flexibility index (Phi) is 3.23. The van der Waals surface area contributed by atoms with Gasteiger partial charge in [0, 0.05) is 12.4 Å². The highest BCUT2D eigenvalue weighted by Crippen LogP contribution is 1.66. The Morgan fingerprint density at radius 3 is 1.67 bits per heavy atom. The van der Waals surface area contributed by atoms with Crippen LogP contribution >= 0.6 is 0 Å². The Hall–Kier alpha value is -1.98. The van der Waals surface area contributed by atoms with Gasteiger partial charge >= 0.3 is 0 Å². The zero-order valence-corrected chi connectivity index (χ0v) is 6.28. The lowest BCUT2D eigenvalue weighted by atomic mass is 10.7. The van der Waals surface area contributed by atoms with Gasteiger partial charge in [0.1, 0.15) is 6.33 Å². The van der Waals surface area contributed by atoms with Crippen LogP contribution in [-0.4, -0.2) is 25.1 Å². The first-order chi connectivity index (χ1) is 5.89. The molecule has 0 fully saturated rings. The zero-order valence-electron chi connectivity index (χ0n) is 6.28. The molecule has 0 bridgehead atoms. The lowest BCUT2D eigenvalue weighted by Crippen LogP contribution is -2.10. The predicted molar refractivity (Wildman–Crippen MR) is 42.2 cm³/mol. The van der Waals surface area contributed by atoms with E-state index in [9.17, 15) is 0 Å². The SMILES string of the molecule is Nn1nccn1.c1cncnc1. The van der Waals surface area contributed by atoms with E-state index in [4.69, 9.17) is 5.84 Å². The van der Waals surface area contributed by atoms with Crippen molar-refractivity contribution < 1.29 is 0 Å². The van der Waals surface area contributed by atoms with Crippen molar-refractivity contribution in [3.8, 4) is 0 Å². The Balaban J connectivity index is 0.000000120. The molecule has 0 aliphatic carbocycles. The number of nitrogens with two attached hydrogens (primary N) is 1. The van der Waals surface area contributed by atoms with Crippen molar-refractivity contribution in [3.05, 3.63) is 37.2 Å². The normalized spacial score (nSPS) is 8.33. The average molecular weight is 164 g/mol. The van der Waals surface area contributed by atoms with Crippen LogP contribution in [0.15, 0.2) is 37.2 Å². The standard InChI is InChI=1S/C4H4N2.C2H4N4/c1-2-5-4-6-3-1;3-6-4-1-2-5-6/h1-4H;1-2H,3H2. The molecule has 12 heavy (non-hydrogen) atoms. The molecule has 2 aromatic heterocycles. The Morgan fingerprint density at radius 2 is 1.50 bits per heavy atom. The number of nitrogens with zero attached hydrogens (tertiary/aromatic N) is 5. The Bertz CT molecular complexity index is 251. The van der Waals surface area contributed by atoms with E-state index in [1.165, 1.54) is 18.7 Å². The maximum absolute atomic E-state index is 4.97. The molecule has 0 amide bonds. The average Bonchev–Trinajstić information content (AvgIpc) is 2.60. The minimum atomic E-state index is 1.00. The lowest BCUT2D eigenvalue weighted by Gasteiger charge is -1.76.